The summed E-state index contributed by atoms with van der Waals surface area (Å²) in [5.41, 5.74) is 4.14. The van der Waals surface area contributed by atoms with Crippen molar-refractivity contribution >= 4 is 17.2 Å². The van der Waals surface area contributed by atoms with E-state index in [0.29, 0.717) is 23.6 Å². The number of nitrogens with zero attached hydrogens (tertiary/aromatic N) is 6. The number of hydrogen-bond acceptors (Lipinski definition) is 6. The molecule has 0 aliphatic carbocycles. The maximum atomic E-state index is 11.9. The van der Waals surface area contributed by atoms with E-state index in [1.807, 2.05) is 35.9 Å². The Labute approximate surface area is 183 Å². The lowest BCUT2D eigenvalue weighted by Crippen LogP contribution is -2.19. The number of aromatic amines is 1. The average molecular weight is 434 g/mol. The van der Waals surface area contributed by atoms with Gasteiger partial charge in [-0.05, 0) is 33.5 Å². The highest BCUT2D eigenvalue weighted by Gasteiger charge is 2.11. The van der Waals surface area contributed by atoms with Crippen molar-refractivity contribution in [2.24, 2.45) is 4.99 Å². The smallest absolute Gasteiger partial charge is 0.248 e. The summed E-state index contributed by atoms with van der Waals surface area (Å²) in [5, 5.41) is 19.9. The molecule has 0 atom stereocenters. The molecule has 158 valence electrons. The molecule has 2 heterocycles. The van der Waals surface area contributed by atoms with Crippen LogP contribution in [-0.2, 0) is 17.8 Å². The van der Waals surface area contributed by atoms with Crippen molar-refractivity contribution in [3.8, 4) is 22.5 Å². The first-order valence-corrected chi connectivity index (χ1v) is 11.1. The highest BCUT2D eigenvalue weighted by molar-refractivity contribution is 7.08. The molecular weight excluding hydrogens is 410 g/mol. The third-order valence-corrected chi connectivity index (χ3v) is 5.78. The van der Waals surface area contributed by atoms with E-state index in [1.54, 1.807) is 0 Å². The third kappa shape index (κ3) is 4.83. The third-order valence-electron chi connectivity index (χ3n) is 4.77. The van der Waals surface area contributed by atoms with Crippen LogP contribution in [0.3, 0.4) is 0 Å². The Bertz CT molecular complexity index is 1220. The van der Waals surface area contributed by atoms with Crippen LogP contribution in [0.15, 0.2) is 53.5 Å². The van der Waals surface area contributed by atoms with Crippen molar-refractivity contribution in [3.63, 3.8) is 0 Å². The largest absolute Gasteiger partial charge is 0.273 e. The molecular formula is C22H23N7OS. The number of tetrazole rings is 1. The Morgan fingerprint density at radius 1 is 1.10 bits per heavy atom. The predicted octanol–water partition coefficient (Wildman–Crippen LogP) is 3.63. The van der Waals surface area contributed by atoms with Crippen molar-refractivity contribution in [1.82, 2.24) is 30.4 Å². The van der Waals surface area contributed by atoms with Crippen LogP contribution in [0.1, 0.15) is 37.3 Å². The first-order chi connectivity index (χ1) is 15.2. The number of benzene rings is 2. The number of amides is 1. The second-order valence-corrected chi connectivity index (χ2v) is 8.08. The monoisotopic (exact) mass is 433 g/mol. The summed E-state index contributed by atoms with van der Waals surface area (Å²) in [6.07, 6.45) is 2.27. The van der Waals surface area contributed by atoms with E-state index >= 15 is 0 Å². The molecule has 0 saturated carbocycles. The zero-order valence-corrected chi connectivity index (χ0v) is 18.3. The van der Waals surface area contributed by atoms with Crippen LogP contribution in [0.5, 0.6) is 0 Å². The van der Waals surface area contributed by atoms with Gasteiger partial charge in [-0.15, -0.1) is 5.10 Å². The summed E-state index contributed by atoms with van der Waals surface area (Å²) < 4.78 is 1.83. The molecule has 2 aromatic heterocycles. The van der Waals surface area contributed by atoms with Gasteiger partial charge in [-0.3, -0.25) is 4.79 Å². The number of hydrogen-bond donors (Lipinski definition) is 1. The maximum Gasteiger partial charge on any atom is 0.248 e. The normalized spacial score (nSPS) is 11.7. The van der Waals surface area contributed by atoms with Crippen LogP contribution in [0.2, 0.25) is 0 Å². The standard InChI is InChI=1S/C22H23N7OS/c1-3-7-20-26-29(22(31-20)23-19(30)4-2)14-15-10-12-16(13-11-15)17-8-5-6-9-18(17)21-24-27-28-25-21/h5-6,8-13H,3-4,7,14H2,1-2H3,(H,24,25,27,28). The van der Waals surface area contributed by atoms with Gasteiger partial charge < -0.3 is 0 Å². The number of aromatic nitrogens is 6. The highest BCUT2D eigenvalue weighted by atomic mass is 32.1. The first kappa shape index (κ1) is 20.8. The predicted molar refractivity (Wildman–Crippen MR) is 119 cm³/mol. The molecule has 0 aliphatic rings. The van der Waals surface area contributed by atoms with Gasteiger partial charge >= 0.3 is 0 Å². The molecule has 2 aromatic carbocycles. The molecule has 0 unspecified atom stereocenters. The Kier molecular flexibility index (Phi) is 6.42. The van der Waals surface area contributed by atoms with E-state index in [2.05, 4.69) is 61.9 Å². The molecule has 0 fully saturated rings. The summed E-state index contributed by atoms with van der Waals surface area (Å²) in [6.45, 7) is 4.49. The van der Waals surface area contributed by atoms with Crippen molar-refractivity contribution in [1.29, 1.82) is 0 Å². The Morgan fingerprint density at radius 2 is 1.87 bits per heavy atom. The lowest BCUT2D eigenvalue weighted by Gasteiger charge is -2.08. The quantitative estimate of drug-likeness (QED) is 0.479. The fourth-order valence-electron chi connectivity index (χ4n) is 3.22. The molecule has 9 heteroatoms. The molecule has 4 rings (SSSR count). The van der Waals surface area contributed by atoms with Crippen LogP contribution in [-0.4, -0.2) is 36.3 Å². The van der Waals surface area contributed by atoms with Gasteiger partial charge in [-0.1, -0.05) is 73.7 Å². The number of carbonyl (C=O) groups excluding carboxylic acids is 1. The Balaban J connectivity index is 1.62. The van der Waals surface area contributed by atoms with Gasteiger partial charge in [-0.25, -0.2) is 9.78 Å². The molecule has 1 N–H and O–H groups in total. The zero-order chi connectivity index (χ0) is 21.6. The molecule has 8 nitrogen and oxygen atoms in total. The second kappa shape index (κ2) is 9.57. The van der Waals surface area contributed by atoms with Crippen molar-refractivity contribution in [3.05, 3.63) is 63.9 Å². The molecule has 4 aromatic rings. The van der Waals surface area contributed by atoms with E-state index < -0.39 is 0 Å². The Morgan fingerprint density at radius 3 is 2.55 bits per heavy atom. The van der Waals surface area contributed by atoms with Gasteiger partial charge in [0, 0.05) is 18.4 Å². The molecule has 0 aliphatic heterocycles. The number of aryl methyl sites for hydroxylation is 1. The lowest BCUT2D eigenvalue weighted by molar-refractivity contribution is -0.117. The van der Waals surface area contributed by atoms with E-state index in [9.17, 15) is 4.79 Å². The number of nitrogens with one attached hydrogen (secondary N) is 1. The van der Waals surface area contributed by atoms with Crippen LogP contribution in [0.4, 0.5) is 0 Å². The first-order valence-electron chi connectivity index (χ1n) is 10.2. The minimum Gasteiger partial charge on any atom is -0.273 e. The second-order valence-electron chi connectivity index (χ2n) is 7.04. The van der Waals surface area contributed by atoms with Crippen LogP contribution < -0.4 is 4.80 Å². The average Bonchev–Trinajstić information content (AvgIpc) is 3.45. The number of carbonyl (C=O) groups is 1. The summed E-state index contributed by atoms with van der Waals surface area (Å²) in [4.78, 5) is 16.8. The van der Waals surface area contributed by atoms with Crippen LogP contribution in [0.25, 0.3) is 22.5 Å². The van der Waals surface area contributed by atoms with E-state index in [4.69, 9.17) is 0 Å². The van der Waals surface area contributed by atoms with Gasteiger partial charge in [0.2, 0.25) is 10.7 Å². The van der Waals surface area contributed by atoms with Gasteiger partial charge in [0.05, 0.1) is 6.54 Å². The zero-order valence-electron chi connectivity index (χ0n) is 17.4. The minimum absolute atomic E-state index is 0.130. The maximum absolute atomic E-state index is 11.9. The summed E-state index contributed by atoms with van der Waals surface area (Å²) in [7, 11) is 0. The summed E-state index contributed by atoms with van der Waals surface area (Å²) >= 11 is 1.49. The Hall–Kier alpha value is -3.46. The molecule has 0 radical (unpaired) electrons. The lowest BCUT2D eigenvalue weighted by atomic mass is 9.98. The number of rotatable bonds is 7. The summed E-state index contributed by atoms with van der Waals surface area (Å²) in [5.74, 6) is 0.502. The molecule has 0 bridgehead atoms. The van der Waals surface area contributed by atoms with E-state index in [0.717, 1.165) is 40.1 Å². The summed E-state index contributed by atoms with van der Waals surface area (Å²) in [6, 6.07) is 16.3. The molecule has 0 saturated heterocycles. The highest BCUT2D eigenvalue weighted by Crippen LogP contribution is 2.29. The van der Waals surface area contributed by atoms with Crippen LogP contribution >= 0.6 is 11.3 Å². The SMILES string of the molecule is CCCc1nn(Cc2ccc(-c3ccccc3-c3nnn[nH]3)cc2)c(=NC(=O)CC)s1. The van der Waals surface area contributed by atoms with Crippen LogP contribution in [0, 0.1) is 0 Å². The van der Waals surface area contributed by atoms with E-state index in [-0.39, 0.29) is 5.91 Å². The minimum atomic E-state index is -0.130. The molecule has 1 amide bonds. The van der Waals surface area contributed by atoms with Gasteiger partial charge in [0.25, 0.3) is 0 Å². The van der Waals surface area contributed by atoms with Gasteiger partial charge in [0.1, 0.15) is 5.01 Å². The molecule has 0 spiro atoms. The van der Waals surface area contributed by atoms with Crippen molar-refractivity contribution in [2.45, 2.75) is 39.7 Å². The number of H-pyrrole nitrogens is 1. The fraction of sp³-hybridized carbons (Fsp3) is 0.273. The van der Waals surface area contributed by atoms with Crippen molar-refractivity contribution in [2.75, 3.05) is 0 Å². The van der Waals surface area contributed by atoms with Crippen molar-refractivity contribution < 1.29 is 4.79 Å². The fourth-order valence-corrected chi connectivity index (χ4v) is 4.23. The topological polar surface area (TPSA) is 102 Å². The van der Waals surface area contributed by atoms with Gasteiger partial charge in [0.15, 0.2) is 5.82 Å². The molecule has 31 heavy (non-hydrogen) atoms. The van der Waals surface area contributed by atoms with Gasteiger partial charge in [-0.2, -0.15) is 10.1 Å². The van der Waals surface area contributed by atoms with E-state index in [1.165, 1.54) is 11.3 Å².